The summed E-state index contributed by atoms with van der Waals surface area (Å²) >= 11 is 11.2. The minimum absolute atomic E-state index is 0.199. The SMILES string of the molecule is O=C(O)[C@@H]1CC[C@H](C(=O)Nc2cc(Cl)c(F)c(Cl)c2)N1. The van der Waals surface area contributed by atoms with E-state index in [-0.39, 0.29) is 15.7 Å². The third kappa shape index (κ3) is 3.20. The highest BCUT2D eigenvalue weighted by Crippen LogP contribution is 2.27. The Morgan fingerprint density at radius 3 is 2.30 bits per heavy atom. The van der Waals surface area contributed by atoms with Crippen molar-refractivity contribution in [2.75, 3.05) is 5.32 Å². The molecule has 0 saturated carbocycles. The van der Waals surface area contributed by atoms with Gasteiger partial charge in [-0.15, -0.1) is 0 Å². The number of anilines is 1. The van der Waals surface area contributed by atoms with E-state index in [0.29, 0.717) is 12.8 Å². The molecule has 3 N–H and O–H groups in total. The van der Waals surface area contributed by atoms with Crippen LogP contribution in [0.4, 0.5) is 10.1 Å². The summed E-state index contributed by atoms with van der Waals surface area (Å²) in [4.78, 5) is 22.7. The van der Waals surface area contributed by atoms with Gasteiger partial charge in [-0.3, -0.25) is 14.9 Å². The number of amides is 1. The van der Waals surface area contributed by atoms with Gasteiger partial charge in [-0.05, 0) is 25.0 Å². The highest BCUT2D eigenvalue weighted by atomic mass is 35.5. The van der Waals surface area contributed by atoms with Crippen LogP contribution in [-0.4, -0.2) is 29.1 Å². The minimum Gasteiger partial charge on any atom is -0.480 e. The lowest BCUT2D eigenvalue weighted by Gasteiger charge is -2.13. The molecule has 1 aliphatic rings. The first-order valence-corrected chi connectivity index (χ1v) is 6.58. The number of aliphatic carboxylic acids is 1. The number of carbonyl (C=O) groups is 2. The molecule has 0 radical (unpaired) electrons. The first kappa shape index (κ1) is 15.0. The zero-order valence-corrected chi connectivity index (χ0v) is 11.6. The highest BCUT2D eigenvalue weighted by molar-refractivity contribution is 6.35. The standard InChI is InChI=1S/C12H11Cl2FN2O3/c13-6-3-5(4-7(14)10(6)15)16-11(18)8-1-2-9(17-8)12(19)20/h3-4,8-9,17H,1-2H2,(H,16,18)(H,19,20)/t8-,9+/m1/s1. The van der Waals surface area contributed by atoms with Crippen molar-refractivity contribution in [3.8, 4) is 0 Å². The number of hydrogen-bond donors (Lipinski definition) is 3. The van der Waals surface area contributed by atoms with Crippen LogP contribution in [0.3, 0.4) is 0 Å². The fourth-order valence-electron chi connectivity index (χ4n) is 2.00. The maximum absolute atomic E-state index is 13.2. The van der Waals surface area contributed by atoms with Crippen LogP contribution in [-0.2, 0) is 9.59 Å². The van der Waals surface area contributed by atoms with E-state index in [1.54, 1.807) is 0 Å². The van der Waals surface area contributed by atoms with Crippen LogP contribution in [0, 0.1) is 5.82 Å². The molecule has 1 saturated heterocycles. The lowest BCUT2D eigenvalue weighted by Crippen LogP contribution is -2.41. The summed E-state index contributed by atoms with van der Waals surface area (Å²) in [6.45, 7) is 0. The van der Waals surface area contributed by atoms with E-state index in [1.165, 1.54) is 12.1 Å². The summed E-state index contributed by atoms with van der Waals surface area (Å²) in [7, 11) is 0. The van der Waals surface area contributed by atoms with E-state index < -0.39 is 29.8 Å². The average Bonchev–Trinajstić information content (AvgIpc) is 2.85. The molecule has 1 aromatic carbocycles. The fourth-order valence-corrected chi connectivity index (χ4v) is 2.49. The third-order valence-corrected chi connectivity index (χ3v) is 3.56. The van der Waals surface area contributed by atoms with Gasteiger partial charge in [0.15, 0.2) is 5.82 Å². The summed E-state index contributed by atoms with van der Waals surface area (Å²) in [5, 5.41) is 13.7. The number of carboxylic acids is 1. The van der Waals surface area contributed by atoms with Crippen LogP contribution in [0.5, 0.6) is 0 Å². The molecule has 1 heterocycles. The lowest BCUT2D eigenvalue weighted by atomic mass is 10.2. The molecule has 1 amide bonds. The van der Waals surface area contributed by atoms with Gasteiger partial charge in [-0.2, -0.15) is 0 Å². The number of hydrogen-bond acceptors (Lipinski definition) is 3. The number of nitrogens with one attached hydrogen (secondary N) is 2. The predicted octanol–water partition coefficient (Wildman–Crippen LogP) is 2.28. The van der Waals surface area contributed by atoms with Gasteiger partial charge in [0.25, 0.3) is 0 Å². The topological polar surface area (TPSA) is 78.4 Å². The summed E-state index contributed by atoms with van der Waals surface area (Å²) in [5.41, 5.74) is 0.256. The summed E-state index contributed by atoms with van der Waals surface area (Å²) in [5.74, 6) is -2.16. The van der Waals surface area contributed by atoms with Gasteiger partial charge in [0.2, 0.25) is 5.91 Å². The van der Waals surface area contributed by atoms with Gasteiger partial charge in [0, 0.05) is 5.69 Å². The van der Waals surface area contributed by atoms with E-state index in [9.17, 15) is 14.0 Å². The molecule has 20 heavy (non-hydrogen) atoms. The van der Waals surface area contributed by atoms with E-state index in [0.717, 1.165) is 0 Å². The minimum atomic E-state index is -0.992. The molecular weight excluding hydrogens is 310 g/mol. The molecule has 1 aliphatic heterocycles. The van der Waals surface area contributed by atoms with E-state index >= 15 is 0 Å². The zero-order valence-electron chi connectivity index (χ0n) is 10.1. The molecule has 5 nitrogen and oxygen atoms in total. The predicted molar refractivity (Wildman–Crippen MR) is 72.6 cm³/mol. The van der Waals surface area contributed by atoms with Crippen LogP contribution in [0.25, 0.3) is 0 Å². The van der Waals surface area contributed by atoms with Crippen LogP contribution in [0.1, 0.15) is 12.8 Å². The second-order valence-electron chi connectivity index (χ2n) is 4.43. The van der Waals surface area contributed by atoms with Crippen molar-refractivity contribution in [2.45, 2.75) is 24.9 Å². The molecule has 0 spiro atoms. The molecule has 0 bridgehead atoms. The molecule has 1 fully saturated rings. The molecule has 0 unspecified atom stereocenters. The number of rotatable bonds is 3. The van der Waals surface area contributed by atoms with Crippen molar-refractivity contribution in [1.82, 2.24) is 5.32 Å². The number of halogens is 3. The Bertz CT molecular complexity index is 545. The first-order valence-electron chi connectivity index (χ1n) is 5.82. The Labute approximate surface area is 124 Å². The third-order valence-electron chi connectivity index (χ3n) is 3.01. The fraction of sp³-hybridized carbons (Fsp3) is 0.333. The number of benzene rings is 1. The summed E-state index contributed by atoms with van der Waals surface area (Å²) in [6.07, 6.45) is 0.782. The molecular formula is C12H11Cl2FN2O3. The van der Waals surface area contributed by atoms with Crippen LogP contribution >= 0.6 is 23.2 Å². The first-order chi connectivity index (χ1) is 9.38. The van der Waals surface area contributed by atoms with E-state index in [1.807, 2.05) is 0 Å². The molecule has 0 aromatic heterocycles. The molecule has 2 atom stereocenters. The smallest absolute Gasteiger partial charge is 0.320 e. The van der Waals surface area contributed by atoms with Crippen molar-refractivity contribution in [2.24, 2.45) is 0 Å². The van der Waals surface area contributed by atoms with Gasteiger partial charge in [0.1, 0.15) is 6.04 Å². The van der Waals surface area contributed by atoms with Gasteiger partial charge >= 0.3 is 5.97 Å². The largest absolute Gasteiger partial charge is 0.480 e. The second kappa shape index (κ2) is 5.95. The average molecular weight is 321 g/mol. The highest BCUT2D eigenvalue weighted by Gasteiger charge is 2.33. The molecule has 108 valence electrons. The van der Waals surface area contributed by atoms with Crippen LogP contribution in [0.15, 0.2) is 12.1 Å². The van der Waals surface area contributed by atoms with Crippen molar-refractivity contribution in [3.05, 3.63) is 28.0 Å². The molecule has 1 aromatic rings. The second-order valence-corrected chi connectivity index (χ2v) is 5.24. The van der Waals surface area contributed by atoms with Gasteiger partial charge in [0.05, 0.1) is 16.1 Å². The Morgan fingerprint density at radius 1 is 1.25 bits per heavy atom. The lowest BCUT2D eigenvalue weighted by molar-refractivity contribution is -0.139. The van der Waals surface area contributed by atoms with Crippen LogP contribution < -0.4 is 10.6 Å². The van der Waals surface area contributed by atoms with Crippen molar-refractivity contribution in [1.29, 1.82) is 0 Å². The van der Waals surface area contributed by atoms with Crippen molar-refractivity contribution >= 4 is 40.8 Å². The van der Waals surface area contributed by atoms with Gasteiger partial charge in [-0.25, -0.2) is 4.39 Å². The molecule has 2 rings (SSSR count). The summed E-state index contributed by atoms with van der Waals surface area (Å²) in [6, 6.07) is 1.14. The van der Waals surface area contributed by atoms with Gasteiger partial charge < -0.3 is 10.4 Å². The molecule has 8 heteroatoms. The maximum atomic E-state index is 13.2. The van der Waals surface area contributed by atoms with E-state index in [2.05, 4.69) is 10.6 Å². The quantitative estimate of drug-likeness (QED) is 0.746. The number of carbonyl (C=O) groups excluding carboxylic acids is 1. The normalized spacial score (nSPS) is 21.8. The number of carboxylic acid groups (broad SMARTS) is 1. The zero-order chi connectivity index (χ0) is 14.9. The molecule has 0 aliphatic carbocycles. The van der Waals surface area contributed by atoms with E-state index in [4.69, 9.17) is 28.3 Å². The Balaban J connectivity index is 2.04. The maximum Gasteiger partial charge on any atom is 0.320 e. The summed E-state index contributed by atoms with van der Waals surface area (Å²) < 4.78 is 13.2. The monoisotopic (exact) mass is 320 g/mol. The van der Waals surface area contributed by atoms with Gasteiger partial charge in [-0.1, -0.05) is 23.2 Å². The Morgan fingerprint density at radius 2 is 1.80 bits per heavy atom. The van der Waals surface area contributed by atoms with Crippen LogP contribution in [0.2, 0.25) is 10.0 Å². The van der Waals surface area contributed by atoms with Crippen molar-refractivity contribution in [3.63, 3.8) is 0 Å². The Kier molecular flexibility index (Phi) is 4.47. The van der Waals surface area contributed by atoms with Crippen molar-refractivity contribution < 1.29 is 19.1 Å². The Hall–Kier alpha value is -1.37.